The van der Waals surface area contributed by atoms with Crippen LogP contribution in [-0.4, -0.2) is 31.4 Å². The van der Waals surface area contributed by atoms with E-state index >= 15 is 0 Å². The quantitative estimate of drug-likeness (QED) is 0.792. The van der Waals surface area contributed by atoms with Gasteiger partial charge in [-0.3, -0.25) is 0 Å². The number of benzene rings is 2. The van der Waals surface area contributed by atoms with E-state index in [1.807, 2.05) is 32.0 Å². The maximum atomic E-state index is 11.3. The highest BCUT2D eigenvalue weighted by molar-refractivity contribution is 5.92. The first-order valence-electron chi connectivity index (χ1n) is 7.26. The molecule has 0 radical (unpaired) electrons. The van der Waals surface area contributed by atoms with Crippen LogP contribution in [0, 0.1) is 13.8 Å². The highest BCUT2D eigenvalue weighted by Crippen LogP contribution is 2.31. The van der Waals surface area contributed by atoms with Gasteiger partial charge in [-0.15, -0.1) is 0 Å². The van der Waals surface area contributed by atoms with E-state index in [0.29, 0.717) is 12.4 Å². The first kappa shape index (κ1) is 16.7. The van der Waals surface area contributed by atoms with Crippen molar-refractivity contribution in [1.29, 1.82) is 0 Å². The standard InChI is InChI=1S/C18H20O5/c1-12-7-8-13(2)16(11-12)22-9-10-23-17-14(18(19)20)5-4-6-15(17)21-3/h4-8,11H,9-10H2,1-3H3,(H,19,20). The zero-order valence-corrected chi connectivity index (χ0v) is 13.5. The molecular formula is C18H20O5. The van der Waals surface area contributed by atoms with E-state index in [1.54, 1.807) is 12.1 Å². The van der Waals surface area contributed by atoms with Crippen LogP contribution in [0.2, 0.25) is 0 Å². The van der Waals surface area contributed by atoms with Gasteiger partial charge in [-0.25, -0.2) is 4.79 Å². The Kier molecular flexibility index (Phi) is 5.46. The molecule has 2 aromatic rings. The molecule has 5 heteroatoms. The molecule has 0 saturated heterocycles. The number of carboxylic acid groups (broad SMARTS) is 1. The second kappa shape index (κ2) is 7.54. The van der Waals surface area contributed by atoms with E-state index in [2.05, 4.69) is 0 Å². The number of ether oxygens (including phenoxy) is 3. The summed E-state index contributed by atoms with van der Waals surface area (Å²) in [6.45, 7) is 4.49. The van der Waals surface area contributed by atoms with Crippen LogP contribution in [-0.2, 0) is 0 Å². The van der Waals surface area contributed by atoms with Crippen LogP contribution in [0.5, 0.6) is 17.2 Å². The maximum absolute atomic E-state index is 11.3. The number of para-hydroxylation sites is 1. The fraction of sp³-hybridized carbons (Fsp3) is 0.278. The van der Waals surface area contributed by atoms with E-state index in [-0.39, 0.29) is 17.9 Å². The SMILES string of the molecule is COc1cccc(C(=O)O)c1OCCOc1cc(C)ccc1C. The molecule has 0 aliphatic rings. The van der Waals surface area contributed by atoms with E-state index in [0.717, 1.165) is 16.9 Å². The molecule has 0 aromatic heterocycles. The number of rotatable bonds is 7. The van der Waals surface area contributed by atoms with Crippen LogP contribution >= 0.6 is 0 Å². The van der Waals surface area contributed by atoms with Gasteiger partial charge in [0.1, 0.15) is 24.5 Å². The summed E-state index contributed by atoms with van der Waals surface area (Å²) in [6, 6.07) is 10.7. The van der Waals surface area contributed by atoms with Crippen molar-refractivity contribution in [2.75, 3.05) is 20.3 Å². The lowest BCUT2D eigenvalue weighted by Crippen LogP contribution is -2.12. The van der Waals surface area contributed by atoms with E-state index in [9.17, 15) is 9.90 Å². The second-order valence-corrected chi connectivity index (χ2v) is 5.11. The van der Waals surface area contributed by atoms with Gasteiger partial charge in [0, 0.05) is 0 Å². The van der Waals surface area contributed by atoms with Crippen LogP contribution in [0.4, 0.5) is 0 Å². The van der Waals surface area contributed by atoms with E-state index < -0.39 is 5.97 Å². The smallest absolute Gasteiger partial charge is 0.339 e. The molecule has 2 aromatic carbocycles. The van der Waals surface area contributed by atoms with Gasteiger partial charge >= 0.3 is 5.97 Å². The molecule has 122 valence electrons. The molecule has 0 atom stereocenters. The van der Waals surface area contributed by atoms with Crippen LogP contribution < -0.4 is 14.2 Å². The molecule has 5 nitrogen and oxygen atoms in total. The van der Waals surface area contributed by atoms with Crippen LogP contribution in [0.15, 0.2) is 36.4 Å². The fourth-order valence-corrected chi connectivity index (χ4v) is 2.15. The van der Waals surface area contributed by atoms with Crippen molar-refractivity contribution in [2.24, 2.45) is 0 Å². The predicted octanol–water partition coefficient (Wildman–Crippen LogP) is 3.47. The van der Waals surface area contributed by atoms with Crippen molar-refractivity contribution in [3.05, 3.63) is 53.1 Å². The fourth-order valence-electron chi connectivity index (χ4n) is 2.15. The Bertz CT molecular complexity index is 694. The molecule has 23 heavy (non-hydrogen) atoms. The Balaban J connectivity index is 2.01. The van der Waals surface area contributed by atoms with E-state index in [1.165, 1.54) is 13.2 Å². The molecule has 0 unspecified atom stereocenters. The van der Waals surface area contributed by atoms with Crippen molar-refractivity contribution < 1.29 is 24.1 Å². The average Bonchev–Trinajstić information content (AvgIpc) is 2.54. The van der Waals surface area contributed by atoms with Crippen LogP contribution in [0.1, 0.15) is 21.5 Å². The monoisotopic (exact) mass is 316 g/mol. The first-order chi connectivity index (χ1) is 11.0. The van der Waals surface area contributed by atoms with Gasteiger partial charge in [-0.2, -0.15) is 0 Å². The Morgan fingerprint density at radius 3 is 2.48 bits per heavy atom. The molecular weight excluding hydrogens is 296 g/mol. The Morgan fingerprint density at radius 2 is 1.78 bits per heavy atom. The Labute approximate surface area is 135 Å². The minimum Gasteiger partial charge on any atom is -0.493 e. The third-order valence-electron chi connectivity index (χ3n) is 3.36. The van der Waals surface area contributed by atoms with Gasteiger partial charge in [0.15, 0.2) is 11.5 Å². The summed E-state index contributed by atoms with van der Waals surface area (Å²) in [5.74, 6) is 0.338. The number of carbonyl (C=O) groups is 1. The summed E-state index contributed by atoms with van der Waals surface area (Å²) in [5.41, 5.74) is 2.22. The molecule has 1 N–H and O–H groups in total. The molecule has 0 aliphatic carbocycles. The normalized spacial score (nSPS) is 10.2. The lowest BCUT2D eigenvalue weighted by Gasteiger charge is -2.14. The number of hydrogen-bond donors (Lipinski definition) is 1. The van der Waals surface area contributed by atoms with Gasteiger partial charge in [-0.05, 0) is 43.2 Å². The minimum absolute atomic E-state index is 0.0658. The van der Waals surface area contributed by atoms with Crippen molar-refractivity contribution in [3.8, 4) is 17.2 Å². The molecule has 0 saturated carbocycles. The Morgan fingerprint density at radius 1 is 1.04 bits per heavy atom. The summed E-state index contributed by atoms with van der Waals surface area (Å²) >= 11 is 0. The summed E-state index contributed by atoms with van der Waals surface area (Å²) < 4.78 is 16.4. The number of aryl methyl sites for hydroxylation is 2. The van der Waals surface area contributed by atoms with Crippen LogP contribution in [0.3, 0.4) is 0 Å². The third kappa shape index (κ3) is 4.16. The third-order valence-corrected chi connectivity index (χ3v) is 3.36. The zero-order valence-electron chi connectivity index (χ0n) is 13.5. The van der Waals surface area contributed by atoms with Crippen molar-refractivity contribution >= 4 is 5.97 Å². The summed E-state index contributed by atoms with van der Waals surface area (Å²) in [4.78, 5) is 11.3. The summed E-state index contributed by atoms with van der Waals surface area (Å²) in [5, 5.41) is 9.22. The highest BCUT2D eigenvalue weighted by atomic mass is 16.5. The highest BCUT2D eigenvalue weighted by Gasteiger charge is 2.16. The number of hydrogen-bond acceptors (Lipinski definition) is 4. The summed E-state index contributed by atoms with van der Waals surface area (Å²) in [6.07, 6.45) is 0. The maximum Gasteiger partial charge on any atom is 0.339 e. The number of aromatic carboxylic acids is 1. The zero-order chi connectivity index (χ0) is 16.8. The van der Waals surface area contributed by atoms with Gasteiger partial charge in [0.25, 0.3) is 0 Å². The van der Waals surface area contributed by atoms with E-state index in [4.69, 9.17) is 14.2 Å². The molecule has 0 bridgehead atoms. The molecule has 0 amide bonds. The van der Waals surface area contributed by atoms with Gasteiger partial charge < -0.3 is 19.3 Å². The molecule has 2 rings (SSSR count). The van der Waals surface area contributed by atoms with Crippen LogP contribution in [0.25, 0.3) is 0 Å². The van der Waals surface area contributed by atoms with Gasteiger partial charge in [-0.1, -0.05) is 18.2 Å². The molecule has 0 heterocycles. The molecule has 0 spiro atoms. The van der Waals surface area contributed by atoms with Gasteiger partial charge in [0.05, 0.1) is 7.11 Å². The Hall–Kier alpha value is -2.69. The molecule has 0 fully saturated rings. The largest absolute Gasteiger partial charge is 0.493 e. The second-order valence-electron chi connectivity index (χ2n) is 5.11. The number of carboxylic acids is 1. The summed E-state index contributed by atoms with van der Waals surface area (Å²) in [7, 11) is 1.47. The minimum atomic E-state index is -1.06. The van der Waals surface area contributed by atoms with Gasteiger partial charge in [0.2, 0.25) is 0 Å². The van der Waals surface area contributed by atoms with Crippen molar-refractivity contribution in [1.82, 2.24) is 0 Å². The lowest BCUT2D eigenvalue weighted by atomic mass is 10.1. The molecule has 0 aliphatic heterocycles. The topological polar surface area (TPSA) is 65.0 Å². The van der Waals surface area contributed by atoms with Crippen molar-refractivity contribution in [3.63, 3.8) is 0 Å². The van der Waals surface area contributed by atoms with Crippen molar-refractivity contribution in [2.45, 2.75) is 13.8 Å². The first-order valence-corrected chi connectivity index (χ1v) is 7.26. The average molecular weight is 316 g/mol. The predicted molar refractivity (Wildman–Crippen MR) is 86.9 cm³/mol. The number of methoxy groups -OCH3 is 1. The lowest BCUT2D eigenvalue weighted by molar-refractivity contribution is 0.0690.